The number of nitrogens with zero attached hydrogens (tertiary/aromatic N) is 1. The smallest absolute Gasteiger partial charge is 0.251 e. The van der Waals surface area contributed by atoms with Crippen molar-refractivity contribution in [1.82, 2.24) is 10.2 Å². The largest absolute Gasteiger partial charge is 0.340 e. The molecule has 5 nitrogen and oxygen atoms in total. The van der Waals surface area contributed by atoms with Crippen LogP contribution < -0.4 is 11.1 Å². The van der Waals surface area contributed by atoms with Crippen LogP contribution in [-0.4, -0.2) is 41.9 Å². The minimum Gasteiger partial charge on any atom is -0.340 e. The van der Waals surface area contributed by atoms with Gasteiger partial charge in [0.25, 0.3) is 5.91 Å². The Morgan fingerprint density at radius 1 is 1.33 bits per heavy atom. The van der Waals surface area contributed by atoms with Gasteiger partial charge in [-0.05, 0) is 56.0 Å². The SMILES string of the molecule is CC(C)C(NC(=O)c1ccc(Cl)cc1)C(=O)N1CC(CN)CC1C. The van der Waals surface area contributed by atoms with Gasteiger partial charge in [-0.3, -0.25) is 9.59 Å². The molecule has 1 aliphatic heterocycles. The molecule has 6 heteroatoms. The summed E-state index contributed by atoms with van der Waals surface area (Å²) in [6, 6.07) is 6.24. The Bertz CT molecular complexity index is 588. The molecule has 1 aromatic carbocycles. The fourth-order valence-corrected chi connectivity index (χ4v) is 3.26. The first-order valence-corrected chi connectivity index (χ1v) is 8.78. The van der Waals surface area contributed by atoms with Crippen molar-refractivity contribution in [2.75, 3.05) is 13.1 Å². The van der Waals surface area contributed by atoms with Crippen molar-refractivity contribution < 1.29 is 9.59 Å². The lowest BCUT2D eigenvalue weighted by atomic mass is 10.0. The molecule has 3 N–H and O–H groups in total. The zero-order valence-electron chi connectivity index (χ0n) is 14.5. The van der Waals surface area contributed by atoms with E-state index in [0.717, 1.165) is 6.42 Å². The number of hydrogen-bond donors (Lipinski definition) is 2. The molecule has 2 rings (SSSR count). The van der Waals surface area contributed by atoms with E-state index in [9.17, 15) is 9.59 Å². The summed E-state index contributed by atoms with van der Waals surface area (Å²) >= 11 is 5.85. The molecule has 0 radical (unpaired) electrons. The van der Waals surface area contributed by atoms with Crippen LogP contribution in [0.1, 0.15) is 37.6 Å². The van der Waals surface area contributed by atoms with Gasteiger partial charge in [0.15, 0.2) is 0 Å². The van der Waals surface area contributed by atoms with Crippen molar-refractivity contribution in [2.24, 2.45) is 17.6 Å². The Kier molecular flexibility index (Phi) is 6.24. The topological polar surface area (TPSA) is 75.4 Å². The van der Waals surface area contributed by atoms with Gasteiger partial charge >= 0.3 is 0 Å². The molecule has 132 valence electrons. The van der Waals surface area contributed by atoms with E-state index in [1.165, 1.54) is 0 Å². The van der Waals surface area contributed by atoms with Gasteiger partial charge in [0.05, 0.1) is 0 Å². The third kappa shape index (κ3) is 4.28. The molecule has 2 amide bonds. The van der Waals surface area contributed by atoms with Crippen LogP contribution in [0.4, 0.5) is 0 Å². The van der Waals surface area contributed by atoms with Crippen LogP contribution in [0.25, 0.3) is 0 Å². The first-order valence-electron chi connectivity index (χ1n) is 8.40. The van der Waals surface area contributed by atoms with Crippen LogP contribution in [0.5, 0.6) is 0 Å². The van der Waals surface area contributed by atoms with E-state index in [2.05, 4.69) is 5.32 Å². The maximum atomic E-state index is 12.9. The number of carbonyl (C=O) groups is 2. The predicted molar refractivity (Wildman–Crippen MR) is 95.9 cm³/mol. The summed E-state index contributed by atoms with van der Waals surface area (Å²) in [5, 5.41) is 3.45. The van der Waals surface area contributed by atoms with Gasteiger partial charge in [0, 0.05) is 23.2 Å². The molecule has 0 spiro atoms. The van der Waals surface area contributed by atoms with Gasteiger partial charge in [0.1, 0.15) is 6.04 Å². The van der Waals surface area contributed by atoms with E-state index in [1.54, 1.807) is 24.3 Å². The summed E-state index contributed by atoms with van der Waals surface area (Å²) in [4.78, 5) is 27.2. The Labute approximate surface area is 148 Å². The van der Waals surface area contributed by atoms with Crippen molar-refractivity contribution in [1.29, 1.82) is 0 Å². The zero-order chi connectivity index (χ0) is 17.9. The number of benzene rings is 1. The summed E-state index contributed by atoms with van der Waals surface area (Å²) < 4.78 is 0. The molecular weight excluding hydrogens is 326 g/mol. The van der Waals surface area contributed by atoms with Crippen molar-refractivity contribution in [2.45, 2.75) is 39.3 Å². The van der Waals surface area contributed by atoms with Crippen LogP contribution >= 0.6 is 11.6 Å². The highest BCUT2D eigenvalue weighted by molar-refractivity contribution is 6.30. The zero-order valence-corrected chi connectivity index (χ0v) is 15.2. The van der Waals surface area contributed by atoms with Gasteiger partial charge in [-0.1, -0.05) is 25.4 Å². The summed E-state index contributed by atoms with van der Waals surface area (Å²) in [7, 11) is 0. The lowest BCUT2D eigenvalue weighted by molar-refractivity contribution is -0.135. The number of rotatable bonds is 5. The molecule has 1 fully saturated rings. The number of nitrogens with two attached hydrogens (primary N) is 1. The van der Waals surface area contributed by atoms with Gasteiger partial charge < -0.3 is 16.0 Å². The van der Waals surface area contributed by atoms with Crippen LogP contribution in [0, 0.1) is 11.8 Å². The quantitative estimate of drug-likeness (QED) is 0.854. The standard InChI is InChI=1S/C18H26ClN3O2/c1-11(2)16(18(24)22-10-13(9-20)8-12(22)3)21-17(23)14-4-6-15(19)7-5-14/h4-7,11-13,16H,8-10,20H2,1-3H3,(H,21,23). The van der Waals surface area contributed by atoms with E-state index in [4.69, 9.17) is 17.3 Å². The number of amides is 2. The minimum absolute atomic E-state index is 0.00197. The molecule has 1 heterocycles. The second kappa shape index (κ2) is 7.99. The van der Waals surface area contributed by atoms with Gasteiger partial charge in [-0.15, -0.1) is 0 Å². The number of nitrogens with one attached hydrogen (secondary N) is 1. The summed E-state index contributed by atoms with van der Waals surface area (Å²) in [6.45, 7) is 7.15. The number of carbonyl (C=O) groups excluding carboxylic acids is 2. The minimum atomic E-state index is -0.549. The lowest BCUT2D eigenvalue weighted by Crippen LogP contribution is -2.52. The Hall–Kier alpha value is -1.59. The van der Waals surface area contributed by atoms with Gasteiger partial charge in [0.2, 0.25) is 5.91 Å². The molecule has 1 aromatic rings. The Balaban J connectivity index is 2.10. The normalized spacial score (nSPS) is 21.8. The predicted octanol–water partition coefficient (Wildman–Crippen LogP) is 2.29. The average Bonchev–Trinajstić information content (AvgIpc) is 2.93. The van der Waals surface area contributed by atoms with Crippen LogP contribution in [-0.2, 0) is 4.79 Å². The number of halogens is 1. The van der Waals surface area contributed by atoms with Crippen LogP contribution in [0.15, 0.2) is 24.3 Å². The van der Waals surface area contributed by atoms with Crippen LogP contribution in [0.2, 0.25) is 5.02 Å². The molecule has 3 unspecified atom stereocenters. The summed E-state index contributed by atoms with van der Waals surface area (Å²) in [5.41, 5.74) is 6.24. The van der Waals surface area contributed by atoms with E-state index in [1.807, 2.05) is 25.7 Å². The Morgan fingerprint density at radius 2 is 1.96 bits per heavy atom. The molecule has 1 aliphatic rings. The van der Waals surface area contributed by atoms with E-state index in [-0.39, 0.29) is 23.8 Å². The molecule has 0 aromatic heterocycles. The molecule has 0 saturated carbocycles. The summed E-state index contributed by atoms with van der Waals surface area (Å²) in [6.07, 6.45) is 0.915. The third-order valence-corrected chi connectivity index (χ3v) is 4.86. The molecule has 0 aliphatic carbocycles. The maximum Gasteiger partial charge on any atom is 0.251 e. The first kappa shape index (κ1) is 18.7. The monoisotopic (exact) mass is 351 g/mol. The molecule has 24 heavy (non-hydrogen) atoms. The highest BCUT2D eigenvalue weighted by Gasteiger charge is 2.36. The fourth-order valence-electron chi connectivity index (χ4n) is 3.14. The lowest BCUT2D eigenvalue weighted by Gasteiger charge is -2.29. The molecule has 3 atom stereocenters. The van der Waals surface area contributed by atoms with Crippen LogP contribution in [0.3, 0.4) is 0 Å². The highest BCUT2D eigenvalue weighted by Crippen LogP contribution is 2.24. The maximum absolute atomic E-state index is 12.9. The fraction of sp³-hybridized carbons (Fsp3) is 0.556. The molecular formula is C18H26ClN3O2. The second-order valence-electron chi connectivity index (χ2n) is 6.88. The van der Waals surface area contributed by atoms with E-state index >= 15 is 0 Å². The Morgan fingerprint density at radius 3 is 2.46 bits per heavy atom. The number of likely N-dealkylation sites (tertiary alicyclic amines) is 1. The third-order valence-electron chi connectivity index (χ3n) is 4.60. The molecule has 0 bridgehead atoms. The van der Waals surface area contributed by atoms with E-state index < -0.39 is 6.04 Å². The number of hydrogen-bond acceptors (Lipinski definition) is 3. The van der Waals surface area contributed by atoms with Crippen molar-refractivity contribution >= 4 is 23.4 Å². The summed E-state index contributed by atoms with van der Waals surface area (Å²) in [5.74, 6) is 0.0401. The first-order chi connectivity index (χ1) is 11.3. The van der Waals surface area contributed by atoms with Gasteiger partial charge in [-0.2, -0.15) is 0 Å². The van der Waals surface area contributed by atoms with Gasteiger partial charge in [-0.25, -0.2) is 0 Å². The second-order valence-corrected chi connectivity index (χ2v) is 7.32. The van der Waals surface area contributed by atoms with Crippen molar-refractivity contribution in [3.8, 4) is 0 Å². The highest BCUT2D eigenvalue weighted by atomic mass is 35.5. The van der Waals surface area contributed by atoms with E-state index in [0.29, 0.717) is 29.6 Å². The average molecular weight is 352 g/mol. The van der Waals surface area contributed by atoms with Crippen molar-refractivity contribution in [3.63, 3.8) is 0 Å². The molecule has 1 saturated heterocycles. The van der Waals surface area contributed by atoms with Crippen molar-refractivity contribution in [3.05, 3.63) is 34.9 Å².